The number of aromatic nitrogens is 1. The van der Waals surface area contributed by atoms with Crippen molar-refractivity contribution in [3.63, 3.8) is 0 Å². The predicted molar refractivity (Wildman–Crippen MR) is 51.0 cm³/mol. The zero-order valence-electron chi connectivity index (χ0n) is 6.91. The first-order valence-corrected chi connectivity index (χ1v) is 4.39. The summed E-state index contributed by atoms with van der Waals surface area (Å²) in [6, 6.07) is 4.05. The molecule has 1 heterocycles. The van der Waals surface area contributed by atoms with Gasteiger partial charge in [-0.3, -0.25) is 4.98 Å². The molecule has 0 saturated carbocycles. The van der Waals surface area contributed by atoms with Crippen LogP contribution in [-0.2, 0) is 6.42 Å². The largest absolute Gasteiger partial charge is 0.261 e. The number of pyridine rings is 1. The van der Waals surface area contributed by atoms with Crippen LogP contribution in [0.1, 0.15) is 30.4 Å². The molecule has 0 bridgehead atoms. The van der Waals surface area contributed by atoms with Gasteiger partial charge in [0.25, 0.3) is 0 Å². The van der Waals surface area contributed by atoms with Crippen molar-refractivity contribution in [3.05, 3.63) is 29.6 Å². The third kappa shape index (κ3) is 1.96. The van der Waals surface area contributed by atoms with E-state index < -0.39 is 0 Å². The molecule has 2 heteroatoms. The Morgan fingerprint density at radius 1 is 1.64 bits per heavy atom. The highest BCUT2D eigenvalue weighted by atomic mass is 32.1. The standard InChI is InChI=1S/C9H13NS/c1-3-9-8(7(2)11)5-4-6-10-9/h4-7,11H,3H2,1-2H3. The van der Waals surface area contributed by atoms with Gasteiger partial charge in [-0.25, -0.2) is 0 Å². The summed E-state index contributed by atoms with van der Waals surface area (Å²) >= 11 is 4.37. The highest BCUT2D eigenvalue weighted by Gasteiger charge is 2.04. The predicted octanol–water partition coefficient (Wildman–Crippen LogP) is 2.63. The third-order valence-corrected chi connectivity index (χ3v) is 1.99. The molecule has 1 unspecified atom stereocenters. The van der Waals surface area contributed by atoms with Gasteiger partial charge in [0.15, 0.2) is 0 Å². The average molecular weight is 167 g/mol. The lowest BCUT2D eigenvalue weighted by Crippen LogP contribution is -1.95. The van der Waals surface area contributed by atoms with Gasteiger partial charge in [-0.05, 0) is 25.0 Å². The van der Waals surface area contributed by atoms with E-state index in [0.717, 1.165) is 12.1 Å². The third-order valence-electron chi connectivity index (χ3n) is 1.71. The average Bonchev–Trinajstić information content (AvgIpc) is 2.04. The van der Waals surface area contributed by atoms with Crippen LogP contribution in [0.2, 0.25) is 0 Å². The van der Waals surface area contributed by atoms with Crippen molar-refractivity contribution >= 4 is 12.6 Å². The number of rotatable bonds is 2. The van der Waals surface area contributed by atoms with Crippen molar-refractivity contribution in [2.24, 2.45) is 0 Å². The molecule has 0 saturated heterocycles. The minimum absolute atomic E-state index is 0.290. The summed E-state index contributed by atoms with van der Waals surface area (Å²) in [5.41, 5.74) is 2.41. The number of hydrogen-bond acceptors (Lipinski definition) is 2. The van der Waals surface area contributed by atoms with E-state index in [4.69, 9.17) is 0 Å². The Hall–Kier alpha value is -0.500. The zero-order valence-corrected chi connectivity index (χ0v) is 7.81. The first-order chi connectivity index (χ1) is 5.25. The minimum Gasteiger partial charge on any atom is -0.261 e. The van der Waals surface area contributed by atoms with E-state index >= 15 is 0 Å². The summed E-state index contributed by atoms with van der Waals surface area (Å²) < 4.78 is 0. The van der Waals surface area contributed by atoms with Gasteiger partial charge < -0.3 is 0 Å². The summed E-state index contributed by atoms with van der Waals surface area (Å²) in [7, 11) is 0. The number of nitrogens with zero attached hydrogens (tertiary/aromatic N) is 1. The minimum atomic E-state index is 0.290. The van der Waals surface area contributed by atoms with E-state index in [1.165, 1.54) is 5.56 Å². The van der Waals surface area contributed by atoms with Crippen LogP contribution >= 0.6 is 12.6 Å². The first-order valence-electron chi connectivity index (χ1n) is 3.87. The topological polar surface area (TPSA) is 12.9 Å². The Bertz CT molecular complexity index is 233. The summed E-state index contributed by atoms with van der Waals surface area (Å²) in [5, 5.41) is 0.290. The van der Waals surface area contributed by atoms with Crippen LogP contribution in [0.5, 0.6) is 0 Å². The Morgan fingerprint density at radius 2 is 2.36 bits per heavy atom. The molecule has 0 fully saturated rings. The lowest BCUT2D eigenvalue weighted by atomic mass is 10.1. The van der Waals surface area contributed by atoms with Crippen LogP contribution in [0.3, 0.4) is 0 Å². The van der Waals surface area contributed by atoms with Crippen molar-refractivity contribution in [1.82, 2.24) is 4.98 Å². The fourth-order valence-corrected chi connectivity index (χ4v) is 1.36. The summed E-state index contributed by atoms with van der Waals surface area (Å²) in [5.74, 6) is 0. The number of aryl methyl sites for hydroxylation is 1. The van der Waals surface area contributed by atoms with Crippen LogP contribution in [0.15, 0.2) is 18.3 Å². The van der Waals surface area contributed by atoms with Crippen molar-refractivity contribution in [1.29, 1.82) is 0 Å². The molecular weight excluding hydrogens is 154 g/mol. The molecule has 60 valence electrons. The van der Waals surface area contributed by atoms with E-state index in [2.05, 4.69) is 37.5 Å². The maximum absolute atomic E-state index is 4.37. The molecule has 0 spiro atoms. The SMILES string of the molecule is CCc1ncccc1C(C)S. The molecule has 1 atom stereocenters. The molecule has 0 N–H and O–H groups in total. The van der Waals surface area contributed by atoms with Gasteiger partial charge in [-0.15, -0.1) is 0 Å². The summed E-state index contributed by atoms with van der Waals surface area (Å²) in [6.45, 7) is 4.18. The second-order valence-corrected chi connectivity index (χ2v) is 3.34. The first kappa shape index (κ1) is 8.60. The van der Waals surface area contributed by atoms with Crippen molar-refractivity contribution in [2.45, 2.75) is 25.5 Å². The van der Waals surface area contributed by atoms with Gasteiger partial charge >= 0.3 is 0 Å². The van der Waals surface area contributed by atoms with Crippen molar-refractivity contribution < 1.29 is 0 Å². The van der Waals surface area contributed by atoms with E-state index in [9.17, 15) is 0 Å². The maximum atomic E-state index is 4.37. The van der Waals surface area contributed by atoms with E-state index in [0.29, 0.717) is 5.25 Å². The molecule has 11 heavy (non-hydrogen) atoms. The van der Waals surface area contributed by atoms with Gasteiger partial charge in [0.1, 0.15) is 0 Å². The second kappa shape index (κ2) is 3.77. The van der Waals surface area contributed by atoms with Crippen molar-refractivity contribution in [3.8, 4) is 0 Å². The van der Waals surface area contributed by atoms with Gasteiger partial charge in [0.2, 0.25) is 0 Å². The van der Waals surface area contributed by atoms with Gasteiger partial charge in [0, 0.05) is 17.1 Å². The van der Waals surface area contributed by atoms with Crippen molar-refractivity contribution in [2.75, 3.05) is 0 Å². The van der Waals surface area contributed by atoms with Gasteiger partial charge in [0.05, 0.1) is 0 Å². The Kier molecular flexibility index (Phi) is 2.94. The van der Waals surface area contributed by atoms with Crippen LogP contribution < -0.4 is 0 Å². The normalized spacial score (nSPS) is 13.0. The Balaban J connectivity index is 3.02. The maximum Gasteiger partial charge on any atom is 0.0443 e. The summed E-state index contributed by atoms with van der Waals surface area (Å²) in [4.78, 5) is 4.27. The fourth-order valence-electron chi connectivity index (χ4n) is 1.13. The molecule has 0 amide bonds. The van der Waals surface area contributed by atoms with E-state index in [1.807, 2.05) is 12.3 Å². The van der Waals surface area contributed by atoms with E-state index in [-0.39, 0.29) is 0 Å². The van der Waals surface area contributed by atoms with Crippen LogP contribution in [0.4, 0.5) is 0 Å². The van der Waals surface area contributed by atoms with E-state index in [1.54, 1.807) is 0 Å². The van der Waals surface area contributed by atoms with Gasteiger partial charge in [-0.2, -0.15) is 12.6 Å². The molecule has 1 nitrogen and oxygen atoms in total. The molecular formula is C9H13NS. The second-order valence-electron chi connectivity index (χ2n) is 2.57. The molecule has 1 aromatic rings. The molecule has 0 aliphatic carbocycles. The lowest BCUT2D eigenvalue weighted by Gasteiger charge is -2.08. The van der Waals surface area contributed by atoms with Crippen LogP contribution in [0.25, 0.3) is 0 Å². The number of hydrogen-bond donors (Lipinski definition) is 1. The monoisotopic (exact) mass is 167 g/mol. The zero-order chi connectivity index (χ0) is 8.27. The molecule has 0 aromatic carbocycles. The summed E-state index contributed by atoms with van der Waals surface area (Å²) in [6.07, 6.45) is 2.82. The Morgan fingerprint density at radius 3 is 2.82 bits per heavy atom. The smallest absolute Gasteiger partial charge is 0.0443 e. The van der Waals surface area contributed by atoms with Gasteiger partial charge in [-0.1, -0.05) is 13.0 Å². The quantitative estimate of drug-likeness (QED) is 0.668. The molecule has 0 aliphatic heterocycles. The highest BCUT2D eigenvalue weighted by Crippen LogP contribution is 2.21. The number of thiol groups is 1. The fraction of sp³-hybridized carbons (Fsp3) is 0.444. The molecule has 0 aliphatic rings. The van der Waals surface area contributed by atoms with Crippen LogP contribution in [-0.4, -0.2) is 4.98 Å². The molecule has 1 rings (SSSR count). The highest BCUT2D eigenvalue weighted by molar-refractivity contribution is 7.80. The lowest BCUT2D eigenvalue weighted by molar-refractivity contribution is 0.956. The molecule has 1 aromatic heterocycles. The molecule has 0 radical (unpaired) electrons. The Labute approximate surface area is 73.3 Å². The van der Waals surface area contributed by atoms with Crippen LogP contribution in [0, 0.1) is 0 Å².